The van der Waals surface area contributed by atoms with Crippen LogP contribution in [0.25, 0.3) is 0 Å². The molecule has 0 aromatic carbocycles. The Hall–Kier alpha value is -0.0800. The average molecular weight is 440 g/mol. The van der Waals surface area contributed by atoms with Gasteiger partial charge in [-0.05, 0) is 25.2 Å². The van der Waals surface area contributed by atoms with Crippen molar-refractivity contribution < 1.29 is 4.74 Å². The van der Waals surface area contributed by atoms with Gasteiger partial charge in [0.15, 0.2) is 5.96 Å². The third kappa shape index (κ3) is 12.9. The second kappa shape index (κ2) is 13.2. The Balaban J connectivity index is 0.00000484. The fraction of sp³-hybridized carbons (Fsp3) is 0.941. The molecule has 6 heteroatoms. The van der Waals surface area contributed by atoms with Crippen molar-refractivity contribution in [3.05, 3.63) is 0 Å². The molecule has 138 valence electrons. The lowest BCUT2D eigenvalue weighted by molar-refractivity contribution is 0.0389. The van der Waals surface area contributed by atoms with Crippen molar-refractivity contribution in [1.29, 1.82) is 0 Å². The molecule has 0 amide bonds. The first-order chi connectivity index (χ1) is 10.5. The summed E-state index contributed by atoms with van der Waals surface area (Å²) in [7, 11) is 0. The Morgan fingerprint density at radius 2 is 1.83 bits per heavy atom. The van der Waals surface area contributed by atoms with E-state index in [0.29, 0.717) is 5.41 Å². The molecule has 0 aromatic rings. The number of aliphatic imine (C=N–C) groups is 1. The lowest BCUT2D eigenvalue weighted by Crippen LogP contribution is -2.44. The van der Waals surface area contributed by atoms with Gasteiger partial charge in [-0.25, -0.2) is 0 Å². The minimum Gasteiger partial charge on any atom is -0.379 e. The van der Waals surface area contributed by atoms with Gasteiger partial charge in [0, 0.05) is 39.3 Å². The highest BCUT2D eigenvalue weighted by molar-refractivity contribution is 14.0. The fourth-order valence-electron chi connectivity index (χ4n) is 2.46. The van der Waals surface area contributed by atoms with E-state index in [1.807, 2.05) is 0 Å². The van der Waals surface area contributed by atoms with Crippen molar-refractivity contribution in [2.75, 3.05) is 52.5 Å². The Labute approximate surface area is 160 Å². The summed E-state index contributed by atoms with van der Waals surface area (Å²) in [4.78, 5) is 7.10. The summed E-state index contributed by atoms with van der Waals surface area (Å²) in [6.07, 6.45) is 3.68. The number of guanidine groups is 1. The molecule has 0 bridgehead atoms. The largest absolute Gasteiger partial charge is 0.379 e. The molecule has 0 unspecified atom stereocenters. The number of nitrogens with zero attached hydrogens (tertiary/aromatic N) is 2. The molecule has 1 aliphatic heterocycles. The molecule has 0 aliphatic carbocycles. The normalized spacial score (nSPS) is 16.8. The van der Waals surface area contributed by atoms with Crippen LogP contribution in [0.1, 0.15) is 47.0 Å². The number of halogens is 1. The summed E-state index contributed by atoms with van der Waals surface area (Å²) in [5, 5.41) is 6.75. The zero-order valence-electron chi connectivity index (χ0n) is 15.5. The van der Waals surface area contributed by atoms with Crippen LogP contribution in [0, 0.1) is 5.41 Å². The molecule has 1 aliphatic rings. The highest BCUT2D eigenvalue weighted by atomic mass is 127. The van der Waals surface area contributed by atoms with Gasteiger partial charge in [0.25, 0.3) is 0 Å². The monoisotopic (exact) mass is 440 g/mol. The highest BCUT2D eigenvalue weighted by Gasteiger charge is 2.10. The van der Waals surface area contributed by atoms with Gasteiger partial charge >= 0.3 is 0 Å². The summed E-state index contributed by atoms with van der Waals surface area (Å²) < 4.78 is 5.37. The average Bonchev–Trinajstić information content (AvgIpc) is 2.47. The van der Waals surface area contributed by atoms with Crippen molar-refractivity contribution in [2.24, 2.45) is 10.4 Å². The predicted molar refractivity (Wildman–Crippen MR) is 110 cm³/mol. The lowest BCUT2D eigenvalue weighted by Gasteiger charge is -2.26. The van der Waals surface area contributed by atoms with Gasteiger partial charge in [-0.1, -0.05) is 27.2 Å². The number of rotatable bonds is 8. The highest BCUT2D eigenvalue weighted by Crippen LogP contribution is 2.21. The quantitative estimate of drug-likeness (QED) is 0.264. The van der Waals surface area contributed by atoms with E-state index in [-0.39, 0.29) is 24.0 Å². The van der Waals surface area contributed by atoms with Crippen LogP contribution >= 0.6 is 24.0 Å². The molecule has 0 atom stereocenters. The van der Waals surface area contributed by atoms with Crippen molar-refractivity contribution in [3.63, 3.8) is 0 Å². The molecular weight excluding hydrogens is 403 g/mol. The van der Waals surface area contributed by atoms with Crippen LogP contribution in [-0.2, 0) is 4.74 Å². The van der Waals surface area contributed by atoms with Gasteiger partial charge in [0.2, 0.25) is 0 Å². The molecule has 5 nitrogen and oxygen atoms in total. The number of hydrogen-bond donors (Lipinski definition) is 2. The molecule has 2 N–H and O–H groups in total. The molecule has 1 rings (SSSR count). The maximum absolute atomic E-state index is 5.37. The molecule has 23 heavy (non-hydrogen) atoms. The number of hydrogen-bond acceptors (Lipinski definition) is 3. The van der Waals surface area contributed by atoms with Crippen LogP contribution in [0.2, 0.25) is 0 Å². The number of nitrogens with one attached hydrogen (secondary N) is 2. The molecule has 1 heterocycles. The fourth-order valence-corrected chi connectivity index (χ4v) is 2.46. The van der Waals surface area contributed by atoms with Crippen molar-refractivity contribution in [1.82, 2.24) is 15.5 Å². The smallest absolute Gasteiger partial charge is 0.191 e. The van der Waals surface area contributed by atoms with Crippen LogP contribution in [0.5, 0.6) is 0 Å². The Bertz CT molecular complexity index is 312. The van der Waals surface area contributed by atoms with E-state index >= 15 is 0 Å². The SMILES string of the molecule is CCNC(=NCCCCC(C)(C)C)NCCN1CCOCC1.I. The molecule has 0 saturated carbocycles. The van der Waals surface area contributed by atoms with E-state index in [4.69, 9.17) is 4.74 Å². The van der Waals surface area contributed by atoms with Crippen LogP contribution in [0.15, 0.2) is 4.99 Å². The van der Waals surface area contributed by atoms with E-state index in [2.05, 4.69) is 48.2 Å². The topological polar surface area (TPSA) is 48.9 Å². The maximum atomic E-state index is 5.37. The zero-order valence-corrected chi connectivity index (χ0v) is 17.8. The number of morpholine rings is 1. The summed E-state index contributed by atoms with van der Waals surface area (Å²) in [6.45, 7) is 16.6. The van der Waals surface area contributed by atoms with Crippen molar-refractivity contribution in [2.45, 2.75) is 47.0 Å². The van der Waals surface area contributed by atoms with Crippen LogP contribution in [-0.4, -0.2) is 63.3 Å². The van der Waals surface area contributed by atoms with E-state index in [0.717, 1.165) is 64.9 Å². The first-order valence-corrected chi connectivity index (χ1v) is 8.83. The summed E-state index contributed by atoms with van der Waals surface area (Å²) in [5.41, 5.74) is 0.435. The van der Waals surface area contributed by atoms with Crippen LogP contribution in [0.4, 0.5) is 0 Å². The van der Waals surface area contributed by atoms with Crippen LogP contribution < -0.4 is 10.6 Å². The third-order valence-electron chi connectivity index (χ3n) is 3.77. The van der Waals surface area contributed by atoms with Gasteiger partial charge in [-0.3, -0.25) is 9.89 Å². The minimum absolute atomic E-state index is 0. The maximum Gasteiger partial charge on any atom is 0.191 e. The molecular formula is C17H37IN4O. The zero-order chi connectivity index (χ0) is 16.3. The molecule has 1 saturated heterocycles. The summed E-state index contributed by atoms with van der Waals surface area (Å²) in [6, 6.07) is 0. The number of unbranched alkanes of at least 4 members (excludes halogenated alkanes) is 1. The molecule has 1 fully saturated rings. The van der Waals surface area contributed by atoms with Gasteiger partial charge in [0.05, 0.1) is 13.2 Å². The third-order valence-corrected chi connectivity index (χ3v) is 3.77. The molecule has 0 radical (unpaired) electrons. The molecule has 0 spiro atoms. The second-order valence-electron chi connectivity index (χ2n) is 7.16. The van der Waals surface area contributed by atoms with Gasteiger partial charge in [0.1, 0.15) is 0 Å². The van der Waals surface area contributed by atoms with Gasteiger partial charge in [-0.15, -0.1) is 24.0 Å². The van der Waals surface area contributed by atoms with Crippen molar-refractivity contribution in [3.8, 4) is 0 Å². The lowest BCUT2D eigenvalue weighted by atomic mass is 9.90. The Kier molecular flexibility index (Phi) is 13.2. The predicted octanol–water partition coefficient (Wildman–Crippen LogP) is 2.71. The van der Waals surface area contributed by atoms with E-state index in [1.165, 1.54) is 12.8 Å². The van der Waals surface area contributed by atoms with E-state index in [9.17, 15) is 0 Å². The first-order valence-electron chi connectivity index (χ1n) is 8.83. The van der Waals surface area contributed by atoms with E-state index in [1.54, 1.807) is 0 Å². The van der Waals surface area contributed by atoms with E-state index < -0.39 is 0 Å². The summed E-state index contributed by atoms with van der Waals surface area (Å²) in [5.74, 6) is 0.950. The Morgan fingerprint density at radius 3 is 2.43 bits per heavy atom. The first kappa shape index (κ1) is 22.9. The minimum atomic E-state index is 0. The second-order valence-corrected chi connectivity index (χ2v) is 7.16. The van der Waals surface area contributed by atoms with Crippen molar-refractivity contribution >= 4 is 29.9 Å². The number of ether oxygens (including phenoxy) is 1. The van der Waals surface area contributed by atoms with Gasteiger partial charge in [-0.2, -0.15) is 0 Å². The summed E-state index contributed by atoms with van der Waals surface area (Å²) >= 11 is 0. The molecule has 0 aromatic heterocycles. The van der Waals surface area contributed by atoms with Crippen LogP contribution in [0.3, 0.4) is 0 Å². The standard InChI is InChI=1S/C17H36N4O.HI/c1-5-18-16(19-9-7-6-8-17(2,3)4)20-10-11-21-12-14-22-15-13-21;/h5-15H2,1-4H3,(H2,18,19,20);1H. The van der Waals surface area contributed by atoms with Gasteiger partial charge < -0.3 is 15.4 Å². The Morgan fingerprint density at radius 1 is 1.13 bits per heavy atom.